The molecule has 0 spiro atoms. The molecule has 2 unspecified atom stereocenters. The lowest BCUT2D eigenvalue weighted by Crippen LogP contribution is -2.38. The minimum absolute atomic E-state index is 0.0468. The van der Waals surface area contributed by atoms with Crippen molar-refractivity contribution in [1.29, 1.82) is 0 Å². The second-order valence-electron chi connectivity index (χ2n) is 6.08. The van der Waals surface area contributed by atoms with Crippen LogP contribution in [0.15, 0.2) is 24.3 Å². The molecule has 1 aliphatic carbocycles. The molecular formula is C17H28N2O2. The van der Waals surface area contributed by atoms with Gasteiger partial charge in [-0.1, -0.05) is 12.1 Å². The maximum absolute atomic E-state index is 6.20. The van der Waals surface area contributed by atoms with Crippen LogP contribution in [0.5, 0.6) is 5.75 Å². The summed E-state index contributed by atoms with van der Waals surface area (Å²) in [5.41, 5.74) is 7.39. The molecule has 4 heteroatoms. The van der Waals surface area contributed by atoms with Crippen molar-refractivity contribution in [2.75, 3.05) is 33.9 Å². The number of hydrogen-bond acceptors (Lipinski definition) is 4. The van der Waals surface area contributed by atoms with Crippen LogP contribution < -0.4 is 10.5 Å². The molecule has 0 heterocycles. The van der Waals surface area contributed by atoms with Crippen molar-refractivity contribution in [2.24, 2.45) is 11.7 Å². The monoisotopic (exact) mass is 292 g/mol. The van der Waals surface area contributed by atoms with E-state index in [1.807, 2.05) is 19.1 Å². The number of rotatable bonds is 9. The molecule has 1 aromatic carbocycles. The minimum Gasteiger partial charge on any atom is -0.497 e. The fraction of sp³-hybridized carbons (Fsp3) is 0.647. The lowest BCUT2D eigenvalue weighted by molar-refractivity contribution is 0.0875. The topological polar surface area (TPSA) is 47.7 Å². The number of hydrogen-bond donors (Lipinski definition) is 1. The van der Waals surface area contributed by atoms with Crippen molar-refractivity contribution < 1.29 is 9.47 Å². The Morgan fingerprint density at radius 1 is 1.38 bits per heavy atom. The Balaban J connectivity index is 1.92. The first-order valence-electron chi connectivity index (χ1n) is 7.79. The molecule has 0 radical (unpaired) electrons. The average molecular weight is 292 g/mol. The molecule has 118 valence electrons. The highest BCUT2D eigenvalue weighted by molar-refractivity contribution is 5.31. The second kappa shape index (κ2) is 7.78. The SMILES string of the molecule is COc1cccc(C(C(C)N)N(C)CCOCC2CC2)c1. The quantitative estimate of drug-likeness (QED) is 0.710. The Morgan fingerprint density at radius 2 is 2.14 bits per heavy atom. The maximum atomic E-state index is 6.20. The van der Waals surface area contributed by atoms with Gasteiger partial charge in [-0.05, 0) is 50.4 Å². The maximum Gasteiger partial charge on any atom is 0.119 e. The summed E-state index contributed by atoms with van der Waals surface area (Å²) in [5, 5.41) is 0. The Morgan fingerprint density at radius 3 is 2.76 bits per heavy atom. The number of methoxy groups -OCH3 is 1. The minimum atomic E-state index is 0.0468. The first kappa shape index (κ1) is 16.3. The summed E-state index contributed by atoms with van der Waals surface area (Å²) < 4.78 is 11.0. The number of benzene rings is 1. The molecule has 0 aromatic heterocycles. The van der Waals surface area contributed by atoms with E-state index >= 15 is 0 Å². The predicted molar refractivity (Wildman–Crippen MR) is 85.6 cm³/mol. The first-order chi connectivity index (χ1) is 10.1. The van der Waals surface area contributed by atoms with Crippen LogP contribution in [0.4, 0.5) is 0 Å². The second-order valence-corrected chi connectivity index (χ2v) is 6.08. The van der Waals surface area contributed by atoms with E-state index in [0.717, 1.165) is 31.4 Å². The van der Waals surface area contributed by atoms with Crippen molar-refractivity contribution in [3.63, 3.8) is 0 Å². The van der Waals surface area contributed by atoms with Crippen LogP contribution in [0.2, 0.25) is 0 Å². The zero-order chi connectivity index (χ0) is 15.2. The number of nitrogens with zero attached hydrogens (tertiary/aromatic N) is 1. The van der Waals surface area contributed by atoms with E-state index in [1.165, 1.54) is 18.4 Å². The van der Waals surface area contributed by atoms with E-state index < -0.39 is 0 Å². The highest BCUT2D eigenvalue weighted by atomic mass is 16.5. The van der Waals surface area contributed by atoms with Gasteiger partial charge in [0.15, 0.2) is 0 Å². The largest absolute Gasteiger partial charge is 0.497 e. The zero-order valence-electron chi connectivity index (χ0n) is 13.4. The van der Waals surface area contributed by atoms with Crippen LogP contribution in [0.3, 0.4) is 0 Å². The summed E-state index contributed by atoms with van der Waals surface area (Å²) in [7, 11) is 3.80. The Kier molecular flexibility index (Phi) is 6.03. The summed E-state index contributed by atoms with van der Waals surface area (Å²) in [6.07, 6.45) is 2.67. The molecule has 2 rings (SSSR count). The fourth-order valence-electron chi connectivity index (χ4n) is 2.67. The van der Waals surface area contributed by atoms with Crippen molar-refractivity contribution in [1.82, 2.24) is 4.90 Å². The fourth-order valence-corrected chi connectivity index (χ4v) is 2.67. The molecule has 0 aliphatic heterocycles. The molecular weight excluding hydrogens is 264 g/mol. The van der Waals surface area contributed by atoms with Crippen molar-refractivity contribution in [3.8, 4) is 5.75 Å². The predicted octanol–water partition coefficient (Wildman–Crippen LogP) is 2.44. The Hall–Kier alpha value is -1.10. The van der Waals surface area contributed by atoms with Gasteiger partial charge in [-0.2, -0.15) is 0 Å². The van der Waals surface area contributed by atoms with Crippen LogP contribution in [0, 0.1) is 5.92 Å². The zero-order valence-corrected chi connectivity index (χ0v) is 13.4. The summed E-state index contributed by atoms with van der Waals surface area (Å²) in [6.45, 7) is 4.61. The van der Waals surface area contributed by atoms with E-state index in [-0.39, 0.29) is 12.1 Å². The number of likely N-dealkylation sites (N-methyl/N-ethyl adjacent to an activating group) is 1. The van der Waals surface area contributed by atoms with Crippen LogP contribution >= 0.6 is 0 Å². The van der Waals surface area contributed by atoms with Gasteiger partial charge in [0.2, 0.25) is 0 Å². The highest BCUT2D eigenvalue weighted by Gasteiger charge is 2.23. The molecule has 1 fully saturated rings. The normalized spacial score (nSPS) is 17.8. The van der Waals surface area contributed by atoms with Gasteiger partial charge in [-0.3, -0.25) is 4.90 Å². The van der Waals surface area contributed by atoms with Gasteiger partial charge in [0, 0.05) is 25.2 Å². The first-order valence-corrected chi connectivity index (χ1v) is 7.79. The van der Waals surface area contributed by atoms with Gasteiger partial charge >= 0.3 is 0 Å². The van der Waals surface area contributed by atoms with Crippen LogP contribution in [-0.2, 0) is 4.74 Å². The van der Waals surface area contributed by atoms with Crippen LogP contribution in [0.1, 0.15) is 31.4 Å². The van der Waals surface area contributed by atoms with E-state index in [4.69, 9.17) is 15.2 Å². The third-order valence-electron chi connectivity index (χ3n) is 4.05. The van der Waals surface area contributed by atoms with Gasteiger partial charge in [0.25, 0.3) is 0 Å². The van der Waals surface area contributed by atoms with Gasteiger partial charge in [0.1, 0.15) is 5.75 Å². The van der Waals surface area contributed by atoms with Crippen LogP contribution in [-0.4, -0.2) is 44.9 Å². The molecule has 0 bridgehead atoms. The van der Waals surface area contributed by atoms with E-state index in [0.29, 0.717) is 0 Å². The van der Waals surface area contributed by atoms with Gasteiger partial charge in [-0.15, -0.1) is 0 Å². The molecule has 1 saturated carbocycles. The summed E-state index contributed by atoms with van der Waals surface area (Å²) >= 11 is 0. The van der Waals surface area contributed by atoms with Crippen LogP contribution in [0.25, 0.3) is 0 Å². The summed E-state index contributed by atoms with van der Waals surface area (Å²) in [6, 6.07) is 8.37. The smallest absolute Gasteiger partial charge is 0.119 e. The molecule has 0 saturated heterocycles. The molecule has 4 nitrogen and oxygen atoms in total. The molecule has 1 aromatic rings. The van der Waals surface area contributed by atoms with Gasteiger partial charge in [-0.25, -0.2) is 0 Å². The van der Waals surface area contributed by atoms with Gasteiger partial charge in [0.05, 0.1) is 13.7 Å². The Bertz CT molecular complexity index is 433. The van der Waals surface area contributed by atoms with Crippen molar-refractivity contribution in [3.05, 3.63) is 29.8 Å². The summed E-state index contributed by atoms with van der Waals surface area (Å²) in [4.78, 5) is 2.27. The molecule has 1 aliphatic rings. The van der Waals surface area contributed by atoms with E-state index in [2.05, 4.69) is 24.1 Å². The highest BCUT2D eigenvalue weighted by Crippen LogP contribution is 2.29. The van der Waals surface area contributed by atoms with E-state index in [1.54, 1.807) is 7.11 Å². The van der Waals surface area contributed by atoms with Crippen molar-refractivity contribution >= 4 is 0 Å². The number of ether oxygens (including phenoxy) is 2. The third kappa shape index (κ3) is 4.99. The third-order valence-corrected chi connectivity index (χ3v) is 4.05. The lowest BCUT2D eigenvalue weighted by Gasteiger charge is -2.31. The molecule has 2 N–H and O–H groups in total. The standard InChI is InChI=1S/C17H28N2O2/c1-13(18)17(15-5-4-6-16(11-15)20-3)19(2)9-10-21-12-14-7-8-14/h4-6,11,13-14,17H,7-10,12,18H2,1-3H3. The molecule has 21 heavy (non-hydrogen) atoms. The van der Waals surface area contributed by atoms with Gasteiger partial charge < -0.3 is 15.2 Å². The van der Waals surface area contributed by atoms with Crippen molar-refractivity contribution in [2.45, 2.75) is 31.8 Å². The Labute approximate surface area is 128 Å². The molecule has 2 atom stereocenters. The molecule has 0 amide bonds. The van der Waals surface area contributed by atoms with E-state index in [9.17, 15) is 0 Å². The average Bonchev–Trinajstić information content (AvgIpc) is 3.28. The lowest BCUT2D eigenvalue weighted by atomic mass is 9.99. The summed E-state index contributed by atoms with van der Waals surface area (Å²) in [5.74, 6) is 1.69. The number of nitrogens with two attached hydrogens (primary N) is 1.